The van der Waals surface area contributed by atoms with E-state index < -0.39 is 86.8 Å². The van der Waals surface area contributed by atoms with Crippen LogP contribution < -0.4 is 5.32 Å². The molecule has 0 saturated carbocycles. The largest absolute Gasteiger partial charge is 0.394 e. The van der Waals surface area contributed by atoms with Gasteiger partial charge in [0.15, 0.2) is 12.6 Å². The Labute approximate surface area is 317 Å². The Morgan fingerprint density at radius 3 is 1.60 bits per heavy atom. The molecular formula is C39H75NO13. The van der Waals surface area contributed by atoms with E-state index in [9.17, 15) is 45.6 Å². The highest BCUT2D eigenvalue weighted by Crippen LogP contribution is 2.30. The maximum atomic E-state index is 13.0. The number of hydrogen-bond acceptors (Lipinski definition) is 13. The van der Waals surface area contributed by atoms with Crippen LogP contribution in [-0.4, -0.2) is 140 Å². The van der Waals surface area contributed by atoms with Gasteiger partial charge in [0.1, 0.15) is 48.8 Å². The van der Waals surface area contributed by atoms with E-state index in [2.05, 4.69) is 19.2 Å². The molecule has 2 aliphatic heterocycles. The summed E-state index contributed by atoms with van der Waals surface area (Å²) in [6.07, 6.45) is 5.89. The second-order valence-electron chi connectivity index (χ2n) is 15.1. The van der Waals surface area contributed by atoms with Gasteiger partial charge in [0.25, 0.3) is 0 Å². The van der Waals surface area contributed by atoms with E-state index in [0.29, 0.717) is 12.8 Å². The van der Waals surface area contributed by atoms with Gasteiger partial charge in [-0.05, 0) is 12.8 Å². The van der Waals surface area contributed by atoms with Crippen molar-refractivity contribution >= 4 is 5.91 Å². The SMILES string of the molecule is CCCCCCCCCCCCCCCC(=O)NC(COC1OC(CO)C(OC2OC(CO)C(O)C(O)C2O)C(O)C1O)C(O)CCCCCCCC. The first-order chi connectivity index (χ1) is 25.6. The van der Waals surface area contributed by atoms with E-state index >= 15 is 0 Å². The van der Waals surface area contributed by atoms with Crippen LogP contribution >= 0.6 is 0 Å². The topological polar surface area (TPSA) is 228 Å². The average molecular weight is 766 g/mol. The molecule has 0 aromatic rings. The number of carbonyl (C=O) groups excluding carboxylic acids is 1. The summed E-state index contributed by atoms with van der Waals surface area (Å²) in [6.45, 7) is 2.74. The van der Waals surface area contributed by atoms with Gasteiger partial charge in [-0.1, -0.05) is 129 Å². The van der Waals surface area contributed by atoms with E-state index in [4.69, 9.17) is 18.9 Å². The molecule has 314 valence electrons. The predicted molar refractivity (Wildman–Crippen MR) is 199 cm³/mol. The Balaban J connectivity index is 1.88. The molecule has 14 nitrogen and oxygen atoms in total. The van der Waals surface area contributed by atoms with Crippen LogP contribution in [0.1, 0.15) is 149 Å². The zero-order valence-corrected chi connectivity index (χ0v) is 32.5. The fourth-order valence-corrected chi connectivity index (χ4v) is 7.06. The molecule has 0 spiro atoms. The molecule has 2 rings (SSSR count). The van der Waals surface area contributed by atoms with Gasteiger partial charge in [0.2, 0.25) is 5.91 Å². The number of aliphatic hydroxyl groups is 8. The molecule has 12 unspecified atom stereocenters. The summed E-state index contributed by atoms with van der Waals surface area (Å²) in [5.74, 6) is -0.213. The maximum Gasteiger partial charge on any atom is 0.220 e. The Kier molecular flexibility index (Phi) is 25.8. The first kappa shape index (κ1) is 48.1. The van der Waals surface area contributed by atoms with Crippen molar-refractivity contribution in [3.05, 3.63) is 0 Å². The summed E-state index contributed by atoms with van der Waals surface area (Å²) in [7, 11) is 0. The van der Waals surface area contributed by atoms with Gasteiger partial charge in [-0.15, -0.1) is 0 Å². The van der Waals surface area contributed by atoms with Crippen molar-refractivity contribution in [3.63, 3.8) is 0 Å². The van der Waals surface area contributed by atoms with Crippen molar-refractivity contribution in [1.82, 2.24) is 5.32 Å². The monoisotopic (exact) mass is 766 g/mol. The highest BCUT2D eigenvalue weighted by atomic mass is 16.7. The zero-order chi connectivity index (χ0) is 39.0. The number of nitrogens with one attached hydrogen (secondary N) is 1. The second kappa shape index (κ2) is 28.4. The third-order valence-corrected chi connectivity index (χ3v) is 10.6. The smallest absolute Gasteiger partial charge is 0.220 e. The molecule has 9 N–H and O–H groups in total. The van der Waals surface area contributed by atoms with Crippen molar-refractivity contribution < 1.29 is 64.6 Å². The lowest BCUT2D eigenvalue weighted by molar-refractivity contribution is -0.359. The third-order valence-electron chi connectivity index (χ3n) is 10.6. The standard InChI is InChI=1S/C39H75NO13/c1-3-5-7-9-11-12-13-14-15-16-17-19-21-23-31(44)40-27(28(43)22-20-18-10-8-6-4-2)26-50-38-36(49)34(47)37(30(25-42)52-38)53-39-35(48)33(46)32(45)29(24-41)51-39/h27-30,32-39,41-43,45-49H,3-26H2,1-2H3,(H,40,44). The van der Waals surface area contributed by atoms with Gasteiger partial charge < -0.3 is 65.1 Å². The maximum absolute atomic E-state index is 13.0. The Morgan fingerprint density at radius 2 is 1.08 bits per heavy atom. The Bertz CT molecular complexity index is 915. The molecule has 2 aliphatic rings. The zero-order valence-electron chi connectivity index (χ0n) is 32.5. The lowest BCUT2D eigenvalue weighted by Gasteiger charge is -2.46. The van der Waals surface area contributed by atoms with Crippen LogP contribution in [0.2, 0.25) is 0 Å². The minimum atomic E-state index is -1.78. The second-order valence-corrected chi connectivity index (χ2v) is 15.1. The van der Waals surface area contributed by atoms with Gasteiger partial charge >= 0.3 is 0 Å². The molecule has 53 heavy (non-hydrogen) atoms. The molecule has 2 fully saturated rings. The summed E-state index contributed by atoms with van der Waals surface area (Å²) in [5, 5.41) is 86.0. The van der Waals surface area contributed by atoms with Crippen molar-refractivity contribution in [2.75, 3.05) is 19.8 Å². The van der Waals surface area contributed by atoms with Crippen LogP contribution in [0.5, 0.6) is 0 Å². The Morgan fingerprint density at radius 1 is 0.604 bits per heavy atom. The molecule has 2 saturated heterocycles. The lowest BCUT2D eigenvalue weighted by atomic mass is 9.97. The van der Waals surface area contributed by atoms with Crippen LogP contribution in [0.3, 0.4) is 0 Å². The molecule has 0 aromatic heterocycles. The van der Waals surface area contributed by atoms with Crippen molar-refractivity contribution in [3.8, 4) is 0 Å². The van der Waals surface area contributed by atoms with Gasteiger partial charge in [-0.3, -0.25) is 4.79 Å². The molecule has 2 heterocycles. The van der Waals surface area contributed by atoms with Crippen LogP contribution in [0.4, 0.5) is 0 Å². The van der Waals surface area contributed by atoms with Gasteiger partial charge in [-0.2, -0.15) is 0 Å². The summed E-state index contributed by atoms with van der Waals surface area (Å²) in [5.41, 5.74) is 0. The minimum absolute atomic E-state index is 0.213. The first-order valence-electron chi connectivity index (χ1n) is 20.8. The van der Waals surface area contributed by atoms with E-state index in [1.165, 1.54) is 57.8 Å². The van der Waals surface area contributed by atoms with Crippen LogP contribution in [0, 0.1) is 0 Å². The minimum Gasteiger partial charge on any atom is -0.394 e. The summed E-state index contributed by atoms with van der Waals surface area (Å²) in [6, 6.07) is -0.816. The summed E-state index contributed by atoms with van der Waals surface area (Å²) < 4.78 is 22.5. The van der Waals surface area contributed by atoms with Crippen molar-refractivity contribution in [1.29, 1.82) is 0 Å². The third kappa shape index (κ3) is 17.8. The van der Waals surface area contributed by atoms with Crippen molar-refractivity contribution in [2.45, 2.75) is 222 Å². The molecule has 12 atom stereocenters. The van der Waals surface area contributed by atoms with E-state index in [0.717, 1.165) is 64.2 Å². The average Bonchev–Trinajstić information content (AvgIpc) is 3.15. The van der Waals surface area contributed by atoms with E-state index in [1.807, 2.05) is 0 Å². The number of rotatable bonds is 30. The number of hydrogen-bond donors (Lipinski definition) is 9. The summed E-state index contributed by atoms with van der Waals surface area (Å²) in [4.78, 5) is 13.0. The number of unbranched alkanes of at least 4 members (excludes halogenated alkanes) is 17. The van der Waals surface area contributed by atoms with E-state index in [-0.39, 0.29) is 12.5 Å². The molecule has 0 bridgehead atoms. The Hall–Kier alpha value is -1.01. The fraction of sp³-hybridized carbons (Fsp3) is 0.974. The quantitative estimate of drug-likeness (QED) is 0.0480. The molecule has 14 heteroatoms. The highest BCUT2D eigenvalue weighted by molar-refractivity contribution is 5.76. The number of amides is 1. The number of carbonyl (C=O) groups is 1. The molecular weight excluding hydrogens is 690 g/mol. The first-order valence-corrected chi connectivity index (χ1v) is 20.8. The van der Waals surface area contributed by atoms with Gasteiger partial charge in [0.05, 0.1) is 32.0 Å². The summed E-state index contributed by atoms with van der Waals surface area (Å²) >= 11 is 0. The van der Waals surface area contributed by atoms with Gasteiger partial charge in [0, 0.05) is 6.42 Å². The van der Waals surface area contributed by atoms with Crippen LogP contribution in [0.25, 0.3) is 0 Å². The van der Waals surface area contributed by atoms with Gasteiger partial charge in [-0.25, -0.2) is 0 Å². The highest BCUT2D eigenvalue weighted by Gasteiger charge is 2.50. The lowest BCUT2D eigenvalue weighted by Crippen LogP contribution is -2.65. The molecule has 0 radical (unpaired) electrons. The molecule has 0 aliphatic carbocycles. The predicted octanol–water partition coefficient (Wildman–Crippen LogP) is 2.70. The molecule has 0 aromatic carbocycles. The fourth-order valence-electron chi connectivity index (χ4n) is 7.06. The van der Waals surface area contributed by atoms with Crippen molar-refractivity contribution in [2.24, 2.45) is 0 Å². The number of aliphatic hydroxyl groups excluding tert-OH is 8. The number of ether oxygens (including phenoxy) is 4. The van der Waals surface area contributed by atoms with Crippen LogP contribution in [0.15, 0.2) is 0 Å². The normalized spacial score (nSPS) is 30.3. The molecule has 1 amide bonds. The van der Waals surface area contributed by atoms with Crippen LogP contribution in [-0.2, 0) is 23.7 Å². The van der Waals surface area contributed by atoms with E-state index in [1.54, 1.807) is 0 Å².